The molecule has 12 nitrogen and oxygen atoms in total. The van der Waals surface area contributed by atoms with Crippen molar-refractivity contribution in [3.05, 3.63) is 45.0 Å². The predicted molar refractivity (Wildman–Crippen MR) is 81.8 cm³/mol. The molecule has 0 spiro atoms. The van der Waals surface area contributed by atoms with Crippen molar-refractivity contribution < 1.29 is 9.85 Å². The molecule has 1 aliphatic rings. The van der Waals surface area contributed by atoms with Gasteiger partial charge in [0.15, 0.2) is 0 Å². The van der Waals surface area contributed by atoms with Gasteiger partial charge >= 0.3 is 11.4 Å². The average Bonchev–Trinajstić information content (AvgIpc) is 2.62. The Morgan fingerprint density at radius 1 is 0.708 bits per heavy atom. The van der Waals surface area contributed by atoms with Gasteiger partial charge in [-0.2, -0.15) is 0 Å². The number of hydrogen-bond donors (Lipinski definition) is 0. The van der Waals surface area contributed by atoms with Gasteiger partial charge in [0, 0.05) is 26.2 Å². The van der Waals surface area contributed by atoms with Crippen molar-refractivity contribution in [1.29, 1.82) is 0 Å². The molecule has 0 amide bonds. The minimum atomic E-state index is -0.548. The summed E-state index contributed by atoms with van der Waals surface area (Å²) in [7, 11) is 0. The number of rotatable bonds is 4. The van der Waals surface area contributed by atoms with Crippen molar-refractivity contribution in [1.82, 2.24) is 19.9 Å². The van der Waals surface area contributed by atoms with Crippen LogP contribution >= 0.6 is 0 Å². The van der Waals surface area contributed by atoms with E-state index in [0.717, 1.165) is 0 Å². The Balaban J connectivity index is 1.62. The number of aromatic nitrogens is 4. The molecule has 3 rings (SSSR count). The van der Waals surface area contributed by atoms with Crippen LogP contribution in [0.25, 0.3) is 0 Å². The highest BCUT2D eigenvalue weighted by molar-refractivity contribution is 5.40. The first-order valence-electron chi connectivity index (χ1n) is 6.97. The van der Waals surface area contributed by atoms with Gasteiger partial charge in [-0.25, -0.2) is 19.9 Å². The molecular weight excluding hydrogens is 320 g/mol. The number of anilines is 2. The molecule has 1 saturated heterocycles. The highest BCUT2D eigenvalue weighted by atomic mass is 16.6. The first-order valence-corrected chi connectivity index (χ1v) is 6.97. The maximum absolute atomic E-state index is 10.6. The quantitative estimate of drug-likeness (QED) is 0.570. The molecule has 0 N–H and O–H groups in total. The molecule has 24 heavy (non-hydrogen) atoms. The second kappa shape index (κ2) is 6.36. The summed E-state index contributed by atoms with van der Waals surface area (Å²) in [6, 6.07) is 0. The highest BCUT2D eigenvalue weighted by Gasteiger charge is 2.22. The van der Waals surface area contributed by atoms with E-state index in [1.165, 1.54) is 24.8 Å². The van der Waals surface area contributed by atoms with Crippen LogP contribution in [0.5, 0.6) is 0 Å². The number of nitro groups is 2. The van der Waals surface area contributed by atoms with Gasteiger partial charge in [0.05, 0.1) is 9.85 Å². The standard InChI is InChI=1S/C12H12N8O4/c21-19(22)9-5-13-11(14-6-9)17-1-2-18(4-3-17)12-15-7-10(8-16-12)20(23)24/h5-8H,1-4H2. The van der Waals surface area contributed by atoms with E-state index >= 15 is 0 Å². The minimum Gasteiger partial charge on any atom is -0.337 e. The van der Waals surface area contributed by atoms with Crippen LogP contribution in [0.1, 0.15) is 0 Å². The first-order chi connectivity index (χ1) is 11.5. The zero-order valence-corrected chi connectivity index (χ0v) is 12.3. The monoisotopic (exact) mass is 332 g/mol. The lowest BCUT2D eigenvalue weighted by atomic mass is 10.3. The van der Waals surface area contributed by atoms with Crippen molar-refractivity contribution >= 4 is 23.3 Å². The van der Waals surface area contributed by atoms with Crippen LogP contribution < -0.4 is 9.80 Å². The summed E-state index contributed by atoms with van der Waals surface area (Å²) in [6.45, 7) is 2.33. The fourth-order valence-corrected chi connectivity index (χ4v) is 2.25. The second-order valence-corrected chi connectivity index (χ2v) is 4.97. The summed E-state index contributed by atoms with van der Waals surface area (Å²) in [5.74, 6) is 0.842. The highest BCUT2D eigenvalue weighted by Crippen LogP contribution is 2.17. The van der Waals surface area contributed by atoms with Crippen molar-refractivity contribution in [2.45, 2.75) is 0 Å². The van der Waals surface area contributed by atoms with Crippen LogP contribution in [-0.4, -0.2) is 56.0 Å². The van der Waals surface area contributed by atoms with Crippen LogP contribution in [0.2, 0.25) is 0 Å². The molecule has 1 fully saturated rings. The van der Waals surface area contributed by atoms with E-state index in [4.69, 9.17) is 0 Å². The summed E-state index contributed by atoms with van der Waals surface area (Å²) in [6.07, 6.45) is 4.70. The van der Waals surface area contributed by atoms with E-state index in [1.54, 1.807) is 0 Å². The maximum atomic E-state index is 10.6. The zero-order valence-electron chi connectivity index (χ0n) is 12.3. The molecule has 2 aromatic rings. The summed E-state index contributed by atoms with van der Waals surface area (Å²) in [5, 5.41) is 21.2. The van der Waals surface area contributed by atoms with Gasteiger partial charge in [0.1, 0.15) is 24.8 Å². The van der Waals surface area contributed by atoms with Crippen molar-refractivity contribution in [3.63, 3.8) is 0 Å². The third kappa shape index (κ3) is 3.16. The van der Waals surface area contributed by atoms with Crippen molar-refractivity contribution in [2.75, 3.05) is 36.0 Å². The zero-order chi connectivity index (χ0) is 17.1. The predicted octanol–water partition coefficient (Wildman–Crippen LogP) is 0.410. The Morgan fingerprint density at radius 2 is 1.00 bits per heavy atom. The third-order valence-corrected chi connectivity index (χ3v) is 3.52. The van der Waals surface area contributed by atoms with Gasteiger partial charge in [-0.1, -0.05) is 0 Å². The lowest BCUT2D eigenvalue weighted by molar-refractivity contribution is -0.385. The smallest absolute Gasteiger partial charge is 0.305 e. The molecule has 0 atom stereocenters. The van der Waals surface area contributed by atoms with Gasteiger partial charge in [-0.05, 0) is 0 Å². The molecule has 124 valence electrons. The van der Waals surface area contributed by atoms with Gasteiger partial charge in [0.25, 0.3) is 0 Å². The van der Waals surface area contributed by atoms with Crippen LogP contribution in [0.3, 0.4) is 0 Å². The first kappa shape index (κ1) is 15.5. The van der Waals surface area contributed by atoms with Crippen LogP contribution in [-0.2, 0) is 0 Å². The maximum Gasteiger partial charge on any atom is 0.305 e. The molecule has 0 saturated carbocycles. The number of hydrogen-bond acceptors (Lipinski definition) is 10. The van der Waals surface area contributed by atoms with Crippen molar-refractivity contribution in [3.8, 4) is 0 Å². The third-order valence-electron chi connectivity index (χ3n) is 3.52. The van der Waals surface area contributed by atoms with E-state index in [2.05, 4.69) is 19.9 Å². The van der Waals surface area contributed by atoms with Gasteiger partial charge in [-0.15, -0.1) is 0 Å². The van der Waals surface area contributed by atoms with E-state index in [0.29, 0.717) is 38.1 Å². The molecule has 3 heterocycles. The molecule has 0 radical (unpaired) electrons. The molecule has 0 aliphatic carbocycles. The average molecular weight is 332 g/mol. The fourth-order valence-electron chi connectivity index (χ4n) is 2.25. The molecule has 1 aliphatic heterocycles. The Morgan fingerprint density at radius 3 is 1.25 bits per heavy atom. The molecule has 0 bridgehead atoms. The molecule has 0 aromatic carbocycles. The Hall–Kier alpha value is -3.44. The Bertz CT molecular complexity index is 677. The topological polar surface area (TPSA) is 144 Å². The Kier molecular flexibility index (Phi) is 4.09. The van der Waals surface area contributed by atoms with E-state index in [1.807, 2.05) is 9.80 Å². The van der Waals surface area contributed by atoms with E-state index in [-0.39, 0.29) is 11.4 Å². The SMILES string of the molecule is O=[N+]([O-])c1cnc(N2CCN(c3ncc([N+](=O)[O-])cn3)CC2)nc1. The largest absolute Gasteiger partial charge is 0.337 e. The number of piperazine rings is 1. The van der Waals surface area contributed by atoms with Crippen molar-refractivity contribution in [2.24, 2.45) is 0 Å². The summed E-state index contributed by atoms with van der Waals surface area (Å²) in [4.78, 5) is 39.9. The van der Waals surface area contributed by atoms with Gasteiger partial charge in [-0.3, -0.25) is 20.2 Å². The summed E-state index contributed by atoms with van der Waals surface area (Å²) in [5.41, 5.74) is -0.312. The lowest BCUT2D eigenvalue weighted by Gasteiger charge is -2.34. The molecule has 12 heteroatoms. The lowest BCUT2D eigenvalue weighted by Crippen LogP contribution is -2.47. The number of nitrogens with zero attached hydrogens (tertiary/aromatic N) is 8. The van der Waals surface area contributed by atoms with E-state index in [9.17, 15) is 20.2 Å². The fraction of sp³-hybridized carbons (Fsp3) is 0.333. The Labute approximate surface area is 135 Å². The second-order valence-electron chi connectivity index (χ2n) is 4.97. The van der Waals surface area contributed by atoms with Gasteiger partial charge in [0.2, 0.25) is 11.9 Å². The van der Waals surface area contributed by atoms with Crippen LogP contribution in [0, 0.1) is 20.2 Å². The normalized spacial score (nSPS) is 14.5. The van der Waals surface area contributed by atoms with Crippen LogP contribution in [0.15, 0.2) is 24.8 Å². The van der Waals surface area contributed by atoms with Crippen LogP contribution in [0.4, 0.5) is 23.3 Å². The summed E-state index contributed by atoms with van der Waals surface area (Å²) < 4.78 is 0. The molecular formula is C12H12N8O4. The molecule has 2 aromatic heterocycles. The summed E-state index contributed by atoms with van der Waals surface area (Å²) >= 11 is 0. The minimum absolute atomic E-state index is 0.156. The van der Waals surface area contributed by atoms with E-state index < -0.39 is 9.85 Å². The molecule has 0 unspecified atom stereocenters. The van der Waals surface area contributed by atoms with Gasteiger partial charge < -0.3 is 9.80 Å².